The summed E-state index contributed by atoms with van der Waals surface area (Å²) in [4.78, 5) is 4.10. The highest BCUT2D eigenvalue weighted by atomic mass is 32.2. The average molecular weight is 242 g/mol. The standard InChI is InChI=1S/C9H12N2O2S.C2H6/c1-8-3-4-9(10-7-8)11-5-2-6-14(11,12)13;1-2/h3-4,7H,2,5-6H2,1H3;1-2H3. The van der Waals surface area contributed by atoms with Gasteiger partial charge in [-0.25, -0.2) is 13.4 Å². The van der Waals surface area contributed by atoms with Crippen LogP contribution in [0.5, 0.6) is 0 Å². The Morgan fingerprint density at radius 3 is 2.44 bits per heavy atom. The van der Waals surface area contributed by atoms with Gasteiger partial charge in [0.15, 0.2) is 0 Å². The zero-order chi connectivity index (χ0) is 12.2. The van der Waals surface area contributed by atoms with Crippen molar-refractivity contribution in [3.05, 3.63) is 23.9 Å². The third kappa shape index (κ3) is 2.72. The van der Waals surface area contributed by atoms with Gasteiger partial charge in [-0.1, -0.05) is 19.9 Å². The third-order valence-corrected chi connectivity index (χ3v) is 4.10. The molecule has 0 bridgehead atoms. The lowest BCUT2D eigenvalue weighted by Crippen LogP contribution is -2.25. The topological polar surface area (TPSA) is 50.3 Å². The van der Waals surface area contributed by atoms with Crippen LogP contribution in [0.1, 0.15) is 25.8 Å². The van der Waals surface area contributed by atoms with Gasteiger partial charge in [-0.3, -0.25) is 4.31 Å². The molecule has 0 amide bonds. The highest BCUT2D eigenvalue weighted by Gasteiger charge is 2.28. The molecule has 1 aromatic rings. The molecule has 0 unspecified atom stereocenters. The van der Waals surface area contributed by atoms with E-state index in [1.54, 1.807) is 12.3 Å². The normalized spacial score (nSPS) is 17.8. The van der Waals surface area contributed by atoms with Crippen LogP contribution in [0.2, 0.25) is 0 Å². The Labute approximate surface area is 97.4 Å². The van der Waals surface area contributed by atoms with Crippen molar-refractivity contribution in [2.24, 2.45) is 0 Å². The van der Waals surface area contributed by atoms with E-state index in [0.29, 0.717) is 18.8 Å². The SMILES string of the molecule is CC.Cc1ccc(N2CCCS2(=O)=O)nc1. The molecule has 16 heavy (non-hydrogen) atoms. The Balaban J connectivity index is 0.000000606. The molecule has 1 aromatic heterocycles. The Morgan fingerprint density at radius 2 is 2.00 bits per heavy atom. The summed E-state index contributed by atoms with van der Waals surface area (Å²) in [7, 11) is -3.08. The molecule has 0 N–H and O–H groups in total. The number of hydrogen-bond acceptors (Lipinski definition) is 3. The van der Waals surface area contributed by atoms with Crippen molar-refractivity contribution in [3.63, 3.8) is 0 Å². The van der Waals surface area contributed by atoms with Crippen molar-refractivity contribution in [3.8, 4) is 0 Å². The van der Waals surface area contributed by atoms with Gasteiger partial charge in [0.1, 0.15) is 5.82 Å². The molecule has 2 rings (SSSR count). The van der Waals surface area contributed by atoms with Crippen LogP contribution in [-0.4, -0.2) is 25.7 Å². The van der Waals surface area contributed by atoms with E-state index in [4.69, 9.17) is 0 Å². The number of pyridine rings is 1. The fourth-order valence-electron chi connectivity index (χ4n) is 1.50. The number of rotatable bonds is 1. The molecule has 0 radical (unpaired) electrons. The number of hydrogen-bond donors (Lipinski definition) is 0. The van der Waals surface area contributed by atoms with E-state index in [1.165, 1.54) is 4.31 Å². The molecule has 1 aliphatic rings. The van der Waals surface area contributed by atoms with Crippen molar-refractivity contribution < 1.29 is 8.42 Å². The van der Waals surface area contributed by atoms with Gasteiger partial charge in [-0.15, -0.1) is 0 Å². The van der Waals surface area contributed by atoms with Crippen LogP contribution in [0.3, 0.4) is 0 Å². The Morgan fingerprint density at radius 1 is 1.31 bits per heavy atom. The maximum atomic E-state index is 11.5. The van der Waals surface area contributed by atoms with Crippen molar-refractivity contribution in [1.82, 2.24) is 4.98 Å². The largest absolute Gasteiger partial charge is 0.254 e. The van der Waals surface area contributed by atoms with Crippen LogP contribution < -0.4 is 4.31 Å². The molecule has 0 saturated carbocycles. The van der Waals surface area contributed by atoms with E-state index >= 15 is 0 Å². The molecule has 2 heterocycles. The summed E-state index contributed by atoms with van der Waals surface area (Å²) < 4.78 is 24.4. The summed E-state index contributed by atoms with van der Waals surface area (Å²) in [6, 6.07) is 3.62. The van der Waals surface area contributed by atoms with Crippen LogP contribution in [0.25, 0.3) is 0 Å². The predicted octanol–water partition coefficient (Wildman–Crippen LogP) is 1.96. The molecular weight excluding hydrogens is 224 g/mol. The fraction of sp³-hybridized carbons (Fsp3) is 0.545. The molecular formula is C11H18N2O2S. The predicted molar refractivity (Wildman–Crippen MR) is 66.1 cm³/mol. The second-order valence-corrected chi connectivity index (χ2v) is 5.45. The van der Waals surface area contributed by atoms with E-state index in [2.05, 4.69) is 4.98 Å². The minimum Gasteiger partial charge on any atom is -0.254 e. The van der Waals surface area contributed by atoms with E-state index in [9.17, 15) is 8.42 Å². The summed E-state index contributed by atoms with van der Waals surface area (Å²) in [5.41, 5.74) is 1.03. The summed E-state index contributed by atoms with van der Waals surface area (Å²) in [6.45, 7) is 6.48. The van der Waals surface area contributed by atoms with Crippen molar-refractivity contribution >= 4 is 15.8 Å². The number of sulfonamides is 1. The van der Waals surface area contributed by atoms with Crippen LogP contribution in [0.15, 0.2) is 18.3 Å². The van der Waals surface area contributed by atoms with Gasteiger partial charge in [0.05, 0.1) is 5.75 Å². The van der Waals surface area contributed by atoms with Gasteiger partial charge >= 0.3 is 0 Å². The van der Waals surface area contributed by atoms with Crippen molar-refractivity contribution in [1.29, 1.82) is 0 Å². The molecule has 1 saturated heterocycles. The maximum absolute atomic E-state index is 11.5. The van der Waals surface area contributed by atoms with Crippen LogP contribution in [-0.2, 0) is 10.0 Å². The van der Waals surface area contributed by atoms with Gasteiger partial charge in [0.25, 0.3) is 0 Å². The zero-order valence-corrected chi connectivity index (χ0v) is 10.8. The first-order valence-corrected chi connectivity index (χ1v) is 7.13. The minimum atomic E-state index is -3.08. The molecule has 0 atom stereocenters. The van der Waals surface area contributed by atoms with E-state index in [-0.39, 0.29) is 5.75 Å². The van der Waals surface area contributed by atoms with Gasteiger partial charge in [-0.2, -0.15) is 0 Å². The lowest BCUT2D eigenvalue weighted by atomic mass is 10.3. The maximum Gasteiger partial charge on any atom is 0.236 e. The molecule has 5 heteroatoms. The van der Waals surface area contributed by atoms with Gasteiger partial charge in [-0.05, 0) is 25.0 Å². The third-order valence-electron chi connectivity index (χ3n) is 2.25. The summed E-state index contributed by atoms with van der Waals surface area (Å²) in [6.07, 6.45) is 2.38. The van der Waals surface area contributed by atoms with Crippen LogP contribution in [0, 0.1) is 6.92 Å². The van der Waals surface area contributed by atoms with Gasteiger partial charge in [0, 0.05) is 12.7 Å². The molecule has 90 valence electrons. The van der Waals surface area contributed by atoms with E-state index in [1.807, 2.05) is 26.8 Å². The zero-order valence-electron chi connectivity index (χ0n) is 9.97. The second-order valence-electron chi connectivity index (χ2n) is 3.44. The summed E-state index contributed by atoms with van der Waals surface area (Å²) in [5.74, 6) is 0.774. The molecule has 1 aliphatic heterocycles. The first kappa shape index (κ1) is 13.0. The smallest absolute Gasteiger partial charge is 0.236 e. The fourth-order valence-corrected chi connectivity index (χ4v) is 3.02. The highest BCUT2D eigenvalue weighted by molar-refractivity contribution is 7.93. The number of nitrogens with zero attached hydrogens (tertiary/aromatic N) is 2. The number of aromatic nitrogens is 1. The molecule has 1 fully saturated rings. The minimum absolute atomic E-state index is 0.239. The Hall–Kier alpha value is -1.10. The molecule has 4 nitrogen and oxygen atoms in total. The lowest BCUT2D eigenvalue weighted by molar-refractivity contribution is 0.599. The van der Waals surface area contributed by atoms with Gasteiger partial charge in [0.2, 0.25) is 10.0 Å². The van der Waals surface area contributed by atoms with E-state index < -0.39 is 10.0 Å². The van der Waals surface area contributed by atoms with Crippen molar-refractivity contribution in [2.75, 3.05) is 16.6 Å². The van der Waals surface area contributed by atoms with Gasteiger partial charge < -0.3 is 0 Å². The number of anilines is 1. The summed E-state index contributed by atoms with van der Waals surface area (Å²) in [5, 5.41) is 0. The Bertz CT molecular complexity index is 426. The Kier molecular flexibility index (Phi) is 4.29. The van der Waals surface area contributed by atoms with E-state index in [0.717, 1.165) is 5.56 Å². The quantitative estimate of drug-likeness (QED) is 0.756. The van der Waals surface area contributed by atoms with Crippen molar-refractivity contribution in [2.45, 2.75) is 27.2 Å². The second kappa shape index (κ2) is 5.30. The first-order chi connectivity index (χ1) is 7.59. The number of aryl methyl sites for hydroxylation is 1. The summed E-state index contributed by atoms with van der Waals surface area (Å²) >= 11 is 0. The highest BCUT2D eigenvalue weighted by Crippen LogP contribution is 2.21. The first-order valence-electron chi connectivity index (χ1n) is 5.53. The molecule has 0 aromatic carbocycles. The average Bonchev–Trinajstić information content (AvgIpc) is 2.62. The molecule has 0 spiro atoms. The monoisotopic (exact) mass is 242 g/mol. The van der Waals surface area contributed by atoms with Crippen LogP contribution in [0.4, 0.5) is 5.82 Å². The lowest BCUT2D eigenvalue weighted by Gasteiger charge is -2.15. The van der Waals surface area contributed by atoms with Crippen LogP contribution >= 0.6 is 0 Å². The molecule has 0 aliphatic carbocycles.